The van der Waals surface area contributed by atoms with Crippen molar-refractivity contribution >= 4 is 28.4 Å². The molecule has 0 unspecified atom stereocenters. The standard InChI is InChI=1S/C18H17N3O2S/c1-12(2)23-17-6-5-13(10-22)8-15(17)20-18-21-16(11-24-18)14-4-3-7-19-9-14/h3-12H,1-2H3,(H,20,21). The summed E-state index contributed by atoms with van der Waals surface area (Å²) >= 11 is 1.49. The lowest BCUT2D eigenvalue weighted by atomic mass is 10.2. The van der Waals surface area contributed by atoms with E-state index in [0.717, 1.165) is 28.4 Å². The lowest BCUT2D eigenvalue weighted by molar-refractivity contribution is 0.112. The van der Waals surface area contributed by atoms with Gasteiger partial charge in [0, 0.05) is 28.9 Å². The van der Waals surface area contributed by atoms with Crippen LogP contribution in [0, 0.1) is 0 Å². The SMILES string of the molecule is CC(C)Oc1ccc(C=O)cc1Nc1nc(-c2cccnc2)cs1. The molecule has 1 aromatic carbocycles. The van der Waals surface area contributed by atoms with Gasteiger partial charge in [-0.05, 0) is 44.2 Å². The van der Waals surface area contributed by atoms with E-state index in [9.17, 15) is 4.79 Å². The van der Waals surface area contributed by atoms with Crippen molar-refractivity contribution in [2.45, 2.75) is 20.0 Å². The molecular weight excluding hydrogens is 322 g/mol. The summed E-state index contributed by atoms with van der Waals surface area (Å²) in [5, 5.41) is 5.94. The van der Waals surface area contributed by atoms with Crippen LogP contribution in [0.5, 0.6) is 5.75 Å². The second kappa shape index (κ2) is 7.23. The van der Waals surface area contributed by atoms with Crippen molar-refractivity contribution in [1.29, 1.82) is 0 Å². The fraction of sp³-hybridized carbons (Fsp3) is 0.167. The third-order valence-corrected chi connectivity index (χ3v) is 3.96. The molecule has 1 N–H and O–H groups in total. The maximum Gasteiger partial charge on any atom is 0.187 e. The molecule has 0 amide bonds. The van der Waals surface area contributed by atoms with Crippen LogP contribution in [0.15, 0.2) is 48.1 Å². The van der Waals surface area contributed by atoms with Crippen LogP contribution in [0.25, 0.3) is 11.3 Å². The third kappa shape index (κ3) is 3.78. The van der Waals surface area contributed by atoms with Crippen LogP contribution in [-0.2, 0) is 0 Å². The number of carbonyl (C=O) groups is 1. The third-order valence-electron chi connectivity index (χ3n) is 3.21. The maximum absolute atomic E-state index is 11.0. The number of ether oxygens (including phenoxy) is 1. The average Bonchev–Trinajstić information content (AvgIpc) is 3.05. The van der Waals surface area contributed by atoms with Crippen molar-refractivity contribution in [3.05, 3.63) is 53.7 Å². The van der Waals surface area contributed by atoms with E-state index < -0.39 is 0 Å². The van der Waals surface area contributed by atoms with Gasteiger partial charge >= 0.3 is 0 Å². The molecule has 0 radical (unpaired) electrons. The van der Waals surface area contributed by atoms with Crippen LogP contribution in [0.4, 0.5) is 10.8 Å². The van der Waals surface area contributed by atoms with Gasteiger partial charge in [0.15, 0.2) is 5.13 Å². The fourth-order valence-corrected chi connectivity index (χ4v) is 2.90. The molecule has 2 aromatic heterocycles. The predicted octanol–water partition coefficient (Wildman–Crippen LogP) is 4.55. The Hall–Kier alpha value is -2.73. The number of thiazole rings is 1. The number of pyridine rings is 1. The zero-order chi connectivity index (χ0) is 16.9. The molecule has 0 aliphatic carbocycles. The molecule has 0 saturated carbocycles. The summed E-state index contributed by atoms with van der Waals surface area (Å²) in [6.45, 7) is 3.92. The van der Waals surface area contributed by atoms with Crippen molar-refractivity contribution in [1.82, 2.24) is 9.97 Å². The number of rotatable bonds is 6. The van der Waals surface area contributed by atoms with Crippen molar-refractivity contribution in [2.24, 2.45) is 0 Å². The van der Waals surface area contributed by atoms with Gasteiger partial charge in [-0.3, -0.25) is 9.78 Å². The van der Waals surface area contributed by atoms with Gasteiger partial charge in [-0.2, -0.15) is 0 Å². The predicted molar refractivity (Wildman–Crippen MR) is 96.2 cm³/mol. The van der Waals surface area contributed by atoms with Crippen molar-refractivity contribution < 1.29 is 9.53 Å². The zero-order valence-corrected chi connectivity index (χ0v) is 14.2. The van der Waals surface area contributed by atoms with E-state index in [0.29, 0.717) is 11.3 Å². The minimum atomic E-state index is 0.0369. The molecule has 6 heteroatoms. The van der Waals surface area contributed by atoms with Gasteiger partial charge < -0.3 is 10.1 Å². The van der Waals surface area contributed by atoms with Gasteiger partial charge in [-0.15, -0.1) is 11.3 Å². The molecule has 3 rings (SSSR count). The first-order valence-electron chi connectivity index (χ1n) is 7.54. The molecule has 2 heterocycles. The number of nitrogens with zero attached hydrogens (tertiary/aromatic N) is 2. The lowest BCUT2D eigenvalue weighted by Gasteiger charge is -2.15. The quantitative estimate of drug-likeness (QED) is 0.668. The second-order valence-corrected chi connectivity index (χ2v) is 6.30. The highest BCUT2D eigenvalue weighted by atomic mass is 32.1. The van der Waals surface area contributed by atoms with Gasteiger partial charge in [0.2, 0.25) is 0 Å². The number of aromatic nitrogens is 2. The maximum atomic E-state index is 11.0. The van der Waals surface area contributed by atoms with Gasteiger partial charge in [0.1, 0.15) is 12.0 Å². The first-order valence-corrected chi connectivity index (χ1v) is 8.42. The Morgan fingerprint density at radius 1 is 1.29 bits per heavy atom. The van der Waals surface area contributed by atoms with Gasteiger partial charge in [-0.25, -0.2) is 4.98 Å². The van der Waals surface area contributed by atoms with Gasteiger partial charge in [0.05, 0.1) is 17.5 Å². The van der Waals surface area contributed by atoms with E-state index in [-0.39, 0.29) is 6.10 Å². The Morgan fingerprint density at radius 2 is 2.17 bits per heavy atom. The Labute approximate surface area is 144 Å². The molecule has 0 fully saturated rings. The minimum absolute atomic E-state index is 0.0369. The monoisotopic (exact) mass is 339 g/mol. The van der Waals surface area contributed by atoms with Gasteiger partial charge in [-0.1, -0.05) is 0 Å². The van der Waals surface area contributed by atoms with Crippen LogP contribution in [0.3, 0.4) is 0 Å². The smallest absolute Gasteiger partial charge is 0.187 e. The van der Waals surface area contributed by atoms with Crippen LogP contribution in [-0.4, -0.2) is 22.4 Å². The molecule has 0 aliphatic heterocycles. The van der Waals surface area contributed by atoms with E-state index in [1.807, 2.05) is 31.4 Å². The summed E-state index contributed by atoms with van der Waals surface area (Å²) in [6.07, 6.45) is 4.36. The highest BCUT2D eigenvalue weighted by molar-refractivity contribution is 7.14. The Balaban J connectivity index is 1.88. The molecule has 0 saturated heterocycles. The van der Waals surface area contributed by atoms with Crippen molar-refractivity contribution in [2.75, 3.05) is 5.32 Å². The lowest BCUT2D eigenvalue weighted by Crippen LogP contribution is -2.07. The largest absolute Gasteiger partial charge is 0.489 e. The Morgan fingerprint density at radius 3 is 2.88 bits per heavy atom. The first-order chi connectivity index (χ1) is 11.7. The van der Waals surface area contributed by atoms with Crippen molar-refractivity contribution in [3.8, 4) is 17.0 Å². The Kier molecular flexibility index (Phi) is 4.86. The molecule has 0 aliphatic rings. The van der Waals surface area contributed by atoms with E-state index in [1.165, 1.54) is 11.3 Å². The molecule has 122 valence electrons. The molecule has 0 bridgehead atoms. The first kappa shape index (κ1) is 16.1. The molecule has 0 atom stereocenters. The summed E-state index contributed by atoms with van der Waals surface area (Å²) in [7, 11) is 0. The Bertz CT molecular complexity index is 831. The summed E-state index contributed by atoms with van der Waals surface area (Å²) in [6, 6.07) is 9.13. The van der Waals surface area contributed by atoms with Crippen LogP contribution < -0.4 is 10.1 Å². The van der Waals surface area contributed by atoms with Crippen LogP contribution in [0.2, 0.25) is 0 Å². The second-order valence-electron chi connectivity index (χ2n) is 5.44. The molecular formula is C18H17N3O2S. The molecule has 24 heavy (non-hydrogen) atoms. The highest BCUT2D eigenvalue weighted by Crippen LogP contribution is 2.32. The minimum Gasteiger partial charge on any atom is -0.489 e. The van der Waals surface area contributed by atoms with Crippen LogP contribution in [0.1, 0.15) is 24.2 Å². The summed E-state index contributed by atoms with van der Waals surface area (Å²) in [4.78, 5) is 19.7. The topological polar surface area (TPSA) is 64.1 Å². The molecule has 3 aromatic rings. The summed E-state index contributed by atoms with van der Waals surface area (Å²) < 4.78 is 5.80. The summed E-state index contributed by atoms with van der Waals surface area (Å²) in [5.74, 6) is 0.689. The fourth-order valence-electron chi connectivity index (χ4n) is 2.17. The number of aldehydes is 1. The number of hydrogen-bond donors (Lipinski definition) is 1. The zero-order valence-electron chi connectivity index (χ0n) is 13.4. The number of anilines is 2. The average molecular weight is 339 g/mol. The normalized spacial score (nSPS) is 10.6. The number of carbonyl (C=O) groups excluding carboxylic acids is 1. The van der Waals surface area contributed by atoms with E-state index >= 15 is 0 Å². The number of hydrogen-bond acceptors (Lipinski definition) is 6. The van der Waals surface area contributed by atoms with E-state index in [1.54, 1.807) is 30.6 Å². The van der Waals surface area contributed by atoms with Gasteiger partial charge in [0.25, 0.3) is 0 Å². The molecule has 5 nitrogen and oxygen atoms in total. The van der Waals surface area contributed by atoms with Crippen LogP contribution >= 0.6 is 11.3 Å². The van der Waals surface area contributed by atoms with Crippen molar-refractivity contribution in [3.63, 3.8) is 0 Å². The van der Waals surface area contributed by atoms with E-state index in [4.69, 9.17) is 4.74 Å². The summed E-state index contributed by atoms with van der Waals surface area (Å²) in [5.41, 5.74) is 3.12. The number of nitrogens with one attached hydrogen (secondary N) is 1. The highest BCUT2D eigenvalue weighted by Gasteiger charge is 2.10. The van der Waals surface area contributed by atoms with E-state index in [2.05, 4.69) is 15.3 Å². The molecule has 0 spiro atoms. The number of benzene rings is 1.